The molecule has 6 rings (SSSR count). The van der Waals surface area contributed by atoms with Crippen molar-refractivity contribution in [1.82, 2.24) is 19.5 Å². The average molecular weight is 598 g/mol. The van der Waals surface area contributed by atoms with Crippen LogP contribution in [0.25, 0.3) is 22.3 Å². The molecule has 0 saturated carbocycles. The second-order valence-electron chi connectivity index (χ2n) is 10.2. The van der Waals surface area contributed by atoms with Gasteiger partial charge in [-0.3, -0.25) is 4.98 Å². The minimum absolute atomic E-state index is 0.0185. The van der Waals surface area contributed by atoms with Crippen LogP contribution in [-0.4, -0.2) is 50.4 Å². The molecule has 44 heavy (non-hydrogen) atoms. The molecule has 1 atom stereocenters. The Morgan fingerprint density at radius 2 is 2.00 bits per heavy atom. The van der Waals surface area contributed by atoms with E-state index in [0.717, 1.165) is 18.6 Å². The fourth-order valence-electron chi connectivity index (χ4n) is 4.95. The number of pyridine rings is 2. The van der Waals surface area contributed by atoms with Crippen LogP contribution in [0, 0.1) is 23.0 Å². The average Bonchev–Trinajstić information content (AvgIpc) is 3.35. The predicted octanol–water partition coefficient (Wildman–Crippen LogP) is 5.31. The van der Waals surface area contributed by atoms with Gasteiger partial charge >= 0.3 is 5.97 Å². The summed E-state index contributed by atoms with van der Waals surface area (Å²) in [6, 6.07) is 15.1. The molecule has 12 heteroatoms. The summed E-state index contributed by atoms with van der Waals surface area (Å²) in [7, 11) is 1.42. The molecule has 4 heterocycles. The largest absolute Gasteiger partial charge is 0.494 e. The first-order valence-electron chi connectivity index (χ1n) is 13.7. The van der Waals surface area contributed by atoms with Gasteiger partial charge in [-0.05, 0) is 54.4 Å². The van der Waals surface area contributed by atoms with Crippen LogP contribution in [-0.2, 0) is 24.3 Å². The Hall–Kier alpha value is -5.41. The number of hydrogen-bond donors (Lipinski definition) is 1. The Kier molecular flexibility index (Phi) is 7.87. The van der Waals surface area contributed by atoms with Crippen molar-refractivity contribution in [2.45, 2.75) is 32.1 Å². The van der Waals surface area contributed by atoms with Crippen LogP contribution in [0.5, 0.6) is 11.6 Å². The van der Waals surface area contributed by atoms with E-state index in [1.54, 1.807) is 34.9 Å². The highest BCUT2D eigenvalue weighted by atomic mass is 19.1. The van der Waals surface area contributed by atoms with Crippen molar-refractivity contribution in [3.05, 3.63) is 101 Å². The number of hydrogen-bond acceptors (Lipinski definition) is 8. The molecule has 0 spiro atoms. The fourth-order valence-corrected chi connectivity index (χ4v) is 4.95. The van der Waals surface area contributed by atoms with Crippen LogP contribution in [0.4, 0.5) is 8.78 Å². The van der Waals surface area contributed by atoms with Gasteiger partial charge in [0.1, 0.15) is 41.4 Å². The van der Waals surface area contributed by atoms with Crippen molar-refractivity contribution in [3.63, 3.8) is 0 Å². The lowest BCUT2D eigenvalue weighted by Crippen LogP contribution is -2.31. The second-order valence-corrected chi connectivity index (χ2v) is 10.2. The molecule has 5 aromatic rings. The number of imidazole rings is 1. The molecule has 1 aliphatic rings. The number of nitriles is 1. The zero-order chi connectivity index (χ0) is 30.8. The molecule has 222 valence electrons. The van der Waals surface area contributed by atoms with Crippen LogP contribution < -0.4 is 9.47 Å². The van der Waals surface area contributed by atoms with E-state index in [1.165, 1.54) is 25.4 Å². The van der Waals surface area contributed by atoms with Crippen molar-refractivity contribution in [3.8, 4) is 29.0 Å². The van der Waals surface area contributed by atoms with E-state index in [9.17, 15) is 9.90 Å². The quantitative estimate of drug-likeness (QED) is 0.227. The number of carbonyl (C=O) groups is 1. The third-order valence-electron chi connectivity index (χ3n) is 7.35. The first-order chi connectivity index (χ1) is 21.3. The summed E-state index contributed by atoms with van der Waals surface area (Å²) in [5.41, 5.74) is 2.13. The third kappa shape index (κ3) is 5.77. The summed E-state index contributed by atoms with van der Waals surface area (Å²) >= 11 is 0. The van der Waals surface area contributed by atoms with Gasteiger partial charge in [0.15, 0.2) is 0 Å². The summed E-state index contributed by atoms with van der Waals surface area (Å²) in [5, 5.41) is 18.5. The molecule has 0 aliphatic carbocycles. The number of rotatable bonds is 10. The zero-order valence-electron chi connectivity index (χ0n) is 23.5. The molecular formula is C32H25F2N5O5. The van der Waals surface area contributed by atoms with Crippen LogP contribution >= 0.6 is 0 Å². The number of carboxylic acid groups (broad SMARTS) is 1. The lowest BCUT2D eigenvalue weighted by molar-refractivity contribution is -0.0589. The number of methoxy groups -OCH3 is 1. The first-order valence-corrected chi connectivity index (χ1v) is 13.7. The van der Waals surface area contributed by atoms with Crippen LogP contribution in [0.2, 0.25) is 0 Å². The topological polar surface area (TPSA) is 132 Å². The van der Waals surface area contributed by atoms with Crippen LogP contribution in [0.1, 0.15) is 39.4 Å². The summed E-state index contributed by atoms with van der Waals surface area (Å²) in [5.74, 6) is -1.60. The highest BCUT2D eigenvalue weighted by Crippen LogP contribution is 2.32. The van der Waals surface area contributed by atoms with Gasteiger partial charge in [0.25, 0.3) is 0 Å². The normalized spacial score (nSPS) is 14.2. The van der Waals surface area contributed by atoms with Gasteiger partial charge < -0.3 is 23.9 Å². The maximum absolute atomic E-state index is 15.6. The molecule has 1 fully saturated rings. The molecule has 1 unspecified atom stereocenters. The Labute approximate surface area is 250 Å². The van der Waals surface area contributed by atoms with Gasteiger partial charge in [-0.2, -0.15) is 5.26 Å². The highest BCUT2D eigenvalue weighted by molar-refractivity contribution is 5.95. The zero-order valence-corrected chi connectivity index (χ0v) is 23.5. The van der Waals surface area contributed by atoms with Crippen LogP contribution in [0.15, 0.2) is 60.8 Å². The van der Waals surface area contributed by atoms with Crippen molar-refractivity contribution < 1.29 is 32.9 Å². The smallest absolute Gasteiger partial charge is 0.335 e. The maximum Gasteiger partial charge on any atom is 0.335 e. The van der Waals surface area contributed by atoms with Gasteiger partial charge in [-0.15, -0.1) is 0 Å². The van der Waals surface area contributed by atoms with E-state index in [2.05, 4.69) is 15.0 Å². The molecule has 1 N–H and O–H groups in total. The van der Waals surface area contributed by atoms with Gasteiger partial charge in [0.2, 0.25) is 5.88 Å². The Balaban J connectivity index is 1.29. The maximum atomic E-state index is 15.6. The number of aromatic nitrogens is 4. The molecule has 0 radical (unpaired) electrons. The standard InChI is InChI=1S/C32H25F2N5O5/c1-42-28-11-20(32(40)41)10-27-31(28)38-29(39(27)16-22-7-8-43-22)12-19-9-25(34)23(13-24(19)33)26-3-2-4-30(37-26)44-17-21-6-5-18(14-35)15-36-21/h2-6,9-11,13,15,22H,7-8,12,16-17H2,1H3,(H,40,41). The number of carboxylic acids is 1. The summed E-state index contributed by atoms with van der Waals surface area (Å²) in [6.07, 6.45) is 2.07. The second kappa shape index (κ2) is 12.1. The molecule has 3 aromatic heterocycles. The SMILES string of the molecule is COc1cc(C(=O)O)cc2c1nc(Cc1cc(F)c(-c3cccc(OCc4ccc(C#N)cn4)n3)cc1F)n2CC1CCO1. The summed E-state index contributed by atoms with van der Waals surface area (Å²) in [6.45, 7) is 1.06. The van der Waals surface area contributed by atoms with E-state index < -0.39 is 17.6 Å². The van der Waals surface area contributed by atoms with E-state index in [4.69, 9.17) is 19.5 Å². The molecular weight excluding hydrogens is 572 g/mol. The molecule has 2 aromatic carbocycles. The Morgan fingerprint density at radius 1 is 1.16 bits per heavy atom. The number of benzene rings is 2. The molecule has 0 bridgehead atoms. The Bertz CT molecular complexity index is 1920. The highest BCUT2D eigenvalue weighted by Gasteiger charge is 2.25. The number of fused-ring (bicyclic) bond motifs is 1. The first kappa shape index (κ1) is 28.7. The van der Waals surface area contributed by atoms with Gasteiger partial charge in [-0.25, -0.2) is 23.5 Å². The minimum atomic E-state index is -1.13. The van der Waals surface area contributed by atoms with Crippen molar-refractivity contribution >= 4 is 17.0 Å². The van der Waals surface area contributed by atoms with Crippen LogP contribution in [0.3, 0.4) is 0 Å². The van der Waals surface area contributed by atoms with Gasteiger partial charge in [0.05, 0.1) is 47.8 Å². The summed E-state index contributed by atoms with van der Waals surface area (Å²) < 4.78 is 49.5. The van der Waals surface area contributed by atoms with E-state index in [0.29, 0.717) is 41.3 Å². The van der Waals surface area contributed by atoms with Crippen molar-refractivity contribution in [2.24, 2.45) is 0 Å². The van der Waals surface area contributed by atoms with Gasteiger partial charge in [-0.1, -0.05) is 6.07 Å². The number of halogens is 2. The number of nitrogens with zero attached hydrogens (tertiary/aromatic N) is 5. The molecule has 10 nitrogen and oxygen atoms in total. The van der Waals surface area contributed by atoms with E-state index >= 15 is 8.78 Å². The fraction of sp³-hybridized carbons (Fsp3) is 0.219. The lowest BCUT2D eigenvalue weighted by atomic mass is 10.0. The summed E-state index contributed by atoms with van der Waals surface area (Å²) in [4.78, 5) is 24.9. The lowest BCUT2D eigenvalue weighted by Gasteiger charge is -2.27. The van der Waals surface area contributed by atoms with Crippen molar-refractivity contribution in [2.75, 3.05) is 13.7 Å². The molecule has 1 saturated heterocycles. The Morgan fingerprint density at radius 3 is 2.68 bits per heavy atom. The van der Waals surface area contributed by atoms with Crippen molar-refractivity contribution in [1.29, 1.82) is 5.26 Å². The number of aromatic carboxylic acids is 1. The molecule has 1 aliphatic heterocycles. The molecule has 0 amide bonds. The minimum Gasteiger partial charge on any atom is -0.494 e. The van der Waals surface area contributed by atoms with E-state index in [-0.39, 0.29) is 53.1 Å². The number of ether oxygens (including phenoxy) is 3. The predicted molar refractivity (Wildman–Crippen MR) is 153 cm³/mol. The van der Waals surface area contributed by atoms with E-state index in [1.807, 2.05) is 6.07 Å². The van der Waals surface area contributed by atoms with Gasteiger partial charge in [0, 0.05) is 30.9 Å². The monoisotopic (exact) mass is 597 g/mol. The third-order valence-corrected chi connectivity index (χ3v) is 7.35.